The van der Waals surface area contributed by atoms with Gasteiger partial charge in [0.05, 0.1) is 5.03 Å². The topological polar surface area (TPSA) is 50.3 Å². The summed E-state index contributed by atoms with van der Waals surface area (Å²) in [5.41, 5.74) is 1.26. The fourth-order valence-corrected chi connectivity index (χ4v) is 5.92. The third kappa shape index (κ3) is 4.24. The Balaban J connectivity index is 1.47. The number of aromatic nitrogens is 1. The van der Waals surface area contributed by atoms with Crippen LogP contribution < -0.4 is 0 Å². The normalized spacial score (nSPS) is 16.1. The van der Waals surface area contributed by atoms with Gasteiger partial charge >= 0.3 is 0 Å². The summed E-state index contributed by atoms with van der Waals surface area (Å²) in [6.45, 7) is 1.22. The second-order valence-corrected chi connectivity index (χ2v) is 10.0. The molecule has 1 aliphatic rings. The van der Waals surface area contributed by atoms with Crippen molar-refractivity contribution in [3.8, 4) is 0 Å². The van der Waals surface area contributed by atoms with E-state index in [4.69, 9.17) is 0 Å². The highest BCUT2D eigenvalue weighted by Crippen LogP contribution is 2.27. The molecule has 0 aliphatic carbocycles. The van der Waals surface area contributed by atoms with Gasteiger partial charge in [0.2, 0.25) is 10.0 Å². The summed E-state index contributed by atoms with van der Waals surface area (Å²) in [5.74, 6) is 0.798. The molecule has 0 atom stereocenters. The van der Waals surface area contributed by atoms with Crippen molar-refractivity contribution in [3.63, 3.8) is 0 Å². The summed E-state index contributed by atoms with van der Waals surface area (Å²) in [6.07, 6.45) is 5.59. The van der Waals surface area contributed by atoms with Crippen molar-refractivity contribution in [1.29, 1.82) is 0 Å². The van der Waals surface area contributed by atoms with E-state index in [0.717, 1.165) is 36.5 Å². The van der Waals surface area contributed by atoms with Crippen LogP contribution in [-0.4, -0.2) is 30.8 Å². The Morgan fingerprint density at radius 1 is 0.893 bits per heavy atom. The smallest absolute Gasteiger partial charge is 0.244 e. The molecule has 4 nitrogen and oxygen atoms in total. The van der Waals surface area contributed by atoms with Crippen LogP contribution in [0.3, 0.4) is 0 Å². The molecule has 0 radical (unpaired) electrons. The molecule has 28 heavy (non-hydrogen) atoms. The zero-order valence-electron chi connectivity index (χ0n) is 15.8. The predicted octanol–water partition coefficient (Wildman–Crippen LogP) is 5.09. The first-order chi connectivity index (χ1) is 13.6. The minimum absolute atomic E-state index is 0.295. The number of sulfonamides is 1. The molecule has 0 spiro atoms. The van der Waals surface area contributed by atoms with Gasteiger partial charge in [-0.2, -0.15) is 4.31 Å². The van der Waals surface area contributed by atoms with Crippen LogP contribution in [-0.2, 0) is 15.8 Å². The van der Waals surface area contributed by atoms with Crippen LogP contribution in [0, 0.1) is 0 Å². The summed E-state index contributed by atoms with van der Waals surface area (Å²) in [4.78, 5) is 4.71. The van der Waals surface area contributed by atoms with Gasteiger partial charge in [-0.3, -0.25) is 0 Å². The third-order valence-corrected chi connectivity index (χ3v) is 8.04. The number of hydrogen-bond donors (Lipinski definition) is 0. The third-order valence-electron chi connectivity index (χ3n) is 5.17. The standard InChI is InChI=1S/C22H24N2O2S2/c25-28(26,24-14-5-1-2-6-15-24)20-12-13-22(23-16-20)27-17-19-10-7-9-18-8-3-4-11-21(18)19/h3-4,7-13,16H,1-2,5-6,14-15,17H2. The summed E-state index contributed by atoms with van der Waals surface area (Å²) in [5, 5.41) is 3.31. The number of benzene rings is 2. The zero-order valence-corrected chi connectivity index (χ0v) is 17.4. The summed E-state index contributed by atoms with van der Waals surface area (Å²) >= 11 is 1.63. The maximum atomic E-state index is 12.9. The molecule has 6 heteroatoms. The van der Waals surface area contributed by atoms with Gasteiger partial charge in [-0.1, -0.05) is 55.3 Å². The number of hydrogen-bond acceptors (Lipinski definition) is 4. The summed E-state index contributed by atoms with van der Waals surface area (Å²) in [6, 6.07) is 18.2. The molecule has 1 aromatic heterocycles. The van der Waals surface area contributed by atoms with Gasteiger partial charge in [-0.05, 0) is 41.3 Å². The Morgan fingerprint density at radius 2 is 1.64 bits per heavy atom. The highest BCUT2D eigenvalue weighted by Gasteiger charge is 2.25. The van der Waals surface area contributed by atoms with Crippen LogP contribution in [0.25, 0.3) is 10.8 Å². The molecule has 0 amide bonds. The molecule has 3 aromatic rings. The molecule has 2 heterocycles. The van der Waals surface area contributed by atoms with Gasteiger partial charge in [0.25, 0.3) is 0 Å². The molecule has 0 saturated carbocycles. The number of thioether (sulfide) groups is 1. The average molecular weight is 413 g/mol. The van der Waals surface area contributed by atoms with E-state index in [1.165, 1.54) is 22.5 Å². The maximum absolute atomic E-state index is 12.9. The summed E-state index contributed by atoms with van der Waals surface area (Å²) < 4.78 is 27.3. The van der Waals surface area contributed by atoms with Gasteiger partial charge in [0.15, 0.2) is 0 Å². The van der Waals surface area contributed by atoms with E-state index < -0.39 is 10.0 Å². The fourth-order valence-electron chi connectivity index (χ4n) is 3.61. The van der Waals surface area contributed by atoms with Crippen LogP contribution in [0.5, 0.6) is 0 Å². The summed E-state index contributed by atoms with van der Waals surface area (Å²) in [7, 11) is -3.44. The van der Waals surface area contributed by atoms with Crippen molar-refractivity contribution in [2.24, 2.45) is 0 Å². The van der Waals surface area contributed by atoms with Crippen LogP contribution >= 0.6 is 11.8 Å². The van der Waals surface area contributed by atoms with Crippen molar-refractivity contribution in [3.05, 3.63) is 66.4 Å². The van der Waals surface area contributed by atoms with Crippen LogP contribution in [0.15, 0.2) is 70.7 Å². The Kier molecular flexibility index (Phi) is 5.99. The second-order valence-electron chi connectivity index (χ2n) is 7.08. The van der Waals surface area contributed by atoms with E-state index in [-0.39, 0.29) is 0 Å². The largest absolute Gasteiger partial charge is 0.249 e. The fraction of sp³-hybridized carbons (Fsp3) is 0.318. The molecule has 0 N–H and O–H groups in total. The average Bonchev–Trinajstić information content (AvgIpc) is 3.03. The molecular weight excluding hydrogens is 388 g/mol. The Morgan fingerprint density at radius 3 is 2.39 bits per heavy atom. The van der Waals surface area contributed by atoms with Gasteiger partial charge in [-0.25, -0.2) is 13.4 Å². The van der Waals surface area contributed by atoms with Crippen molar-refractivity contribution in [1.82, 2.24) is 9.29 Å². The molecule has 4 rings (SSSR count). The Hall–Kier alpha value is -1.89. The van der Waals surface area contributed by atoms with Crippen LogP contribution in [0.2, 0.25) is 0 Å². The lowest BCUT2D eigenvalue weighted by Crippen LogP contribution is -2.32. The van der Waals surface area contributed by atoms with Gasteiger partial charge in [0.1, 0.15) is 4.90 Å². The molecule has 1 aliphatic heterocycles. The number of fused-ring (bicyclic) bond motifs is 1. The van der Waals surface area contributed by atoms with Gasteiger partial charge < -0.3 is 0 Å². The van der Waals surface area contributed by atoms with Crippen molar-refractivity contribution in [2.45, 2.75) is 41.4 Å². The molecule has 1 saturated heterocycles. The number of rotatable bonds is 5. The molecule has 1 fully saturated rings. The second kappa shape index (κ2) is 8.64. The van der Waals surface area contributed by atoms with E-state index in [2.05, 4.69) is 41.4 Å². The predicted molar refractivity (Wildman–Crippen MR) is 115 cm³/mol. The van der Waals surface area contributed by atoms with Gasteiger partial charge in [0, 0.05) is 25.0 Å². The Labute approximate surface area is 171 Å². The molecule has 0 bridgehead atoms. The minimum atomic E-state index is -3.44. The van der Waals surface area contributed by atoms with E-state index >= 15 is 0 Å². The lowest BCUT2D eigenvalue weighted by molar-refractivity contribution is 0.423. The molecule has 146 valence electrons. The van der Waals surface area contributed by atoms with Crippen molar-refractivity contribution in [2.75, 3.05) is 13.1 Å². The van der Waals surface area contributed by atoms with Crippen molar-refractivity contribution >= 4 is 32.6 Å². The Bertz CT molecular complexity index is 1040. The first kappa shape index (κ1) is 19.4. The number of nitrogens with zero attached hydrogens (tertiary/aromatic N) is 2. The van der Waals surface area contributed by atoms with E-state index in [1.54, 1.807) is 22.1 Å². The van der Waals surface area contributed by atoms with E-state index in [0.29, 0.717) is 18.0 Å². The molecule has 2 aromatic carbocycles. The maximum Gasteiger partial charge on any atom is 0.244 e. The first-order valence-corrected chi connectivity index (χ1v) is 12.1. The van der Waals surface area contributed by atoms with E-state index in [9.17, 15) is 8.42 Å². The van der Waals surface area contributed by atoms with Crippen molar-refractivity contribution < 1.29 is 8.42 Å². The highest BCUT2D eigenvalue weighted by atomic mass is 32.2. The van der Waals surface area contributed by atoms with Crippen LogP contribution in [0.1, 0.15) is 31.2 Å². The zero-order chi connectivity index (χ0) is 19.4. The number of pyridine rings is 1. The van der Waals surface area contributed by atoms with Gasteiger partial charge in [-0.15, -0.1) is 11.8 Å². The lowest BCUT2D eigenvalue weighted by Gasteiger charge is -2.19. The quantitative estimate of drug-likeness (QED) is 0.548. The monoisotopic (exact) mass is 412 g/mol. The molecule has 0 unspecified atom stereocenters. The molecular formula is C22H24N2O2S2. The van der Waals surface area contributed by atoms with Crippen LogP contribution in [0.4, 0.5) is 0 Å². The van der Waals surface area contributed by atoms with E-state index in [1.807, 2.05) is 12.1 Å². The first-order valence-electron chi connectivity index (χ1n) is 9.70. The SMILES string of the molecule is O=S(=O)(c1ccc(SCc2cccc3ccccc23)nc1)N1CCCCCC1. The highest BCUT2D eigenvalue weighted by molar-refractivity contribution is 7.98. The lowest BCUT2D eigenvalue weighted by atomic mass is 10.1. The minimum Gasteiger partial charge on any atom is -0.249 e.